The molecule has 24 heavy (non-hydrogen) atoms. The Morgan fingerprint density at radius 3 is 2.71 bits per heavy atom. The quantitative estimate of drug-likeness (QED) is 0.746. The first-order valence-electron chi connectivity index (χ1n) is 7.81. The molecular formula is C19H18BrNO3. The molecule has 0 aromatic heterocycles. The standard InChI is InChI=1S/C19H18BrNO3/c20-17-8-4-7-16(11-17)19(14-22)9-10-21(13-19)18(23)24-12-15-5-2-1-3-6-15/h1-8,11,14H,9-10,12-13H2/t19-/m0/s1. The van der Waals surface area contributed by atoms with Crippen LogP contribution in [0.5, 0.6) is 0 Å². The van der Waals surface area contributed by atoms with Crippen LogP contribution >= 0.6 is 15.9 Å². The Labute approximate surface area is 149 Å². The molecule has 1 heterocycles. The zero-order valence-corrected chi connectivity index (χ0v) is 14.7. The smallest absolute Gasteiger partial charge is 0.410 e. The maximum atomic E-state index is 12.3. The molecule has 1 aliphatic rings. The van der Waals surface area contributed by atoms with Crippen molar-refractivity contribution in [3.05, 3.63) is 70.2 Å². The summed E-state index contributed by atoms with van der Waals surface area (Å²) in [5.74, 6) is 0. The average Bonchev–Trinajstić information content (AvgIpc) is 3.07. The number of rotatable bonds is 4. The molecule has 1 aliphatic heterocycles. The SMILES string of the molecule is O=C[C@]1(c2cccc(Br)c2)CCN(C(=O)OCc2ccccc2)C1. The van der Waals surface area contributed by atoms with Crippen LogP contribution in [0.3, 0.4) is 0 Å². The van der Waals surface area contributed by atoms with Crippen LogP contribution in [-0.2, 0) is 21.6 Å². The Hall–Kier alpha value is -2.14. The van der Waals surface area contributed by atoms with Gasteiger partial charge < -0.3 is 14.4 Å². The molecule has 0 radical (unpaired) electrons. The summed E-state index contributed by atoms with van der Waals surface area (Å²) in [7, 11) is 0. The predicted molar refractivity (Wildman–Crippen MR) is 94.7 cm³/mol. The van der Waals surface area contributed by atoms with E-state index in [2.05, 4.69) is 15.9 Å². The molecule has 1 fully saturated rings. The topological polar surface area (TPSA) is 46.6 Å². The lowest BCUT2D eigenvalue weighted by Crippen LogP contribution is -2.35. The van der Waals surface area contributed by atoms with Crippen LogP contribution in [-0.4, -0.2) is 30.4 Å². The monoisotopic (exact) mass is 387 g/mol. The van der Waals surface area contributed by atoms with Gasteiger partial charge in [-0.25, -0.2) is 4.79 Å². The zero-order chi connectivity index (χ0) is 17.0. The molecule has 0 bridgehead atoms. The first-order valence-corrected chi connectivity index (χ1v) is 8.60. The zero-order valence-electron chi connectivity index (χ0n) is 13.2. The van der Waals surface area contributed by atoms with Gasteiger partial charge in [-0.1, -0.05) is 58.4 Å². The largest absolute Gasteiger partial charge is 0.445 e. The van der Waals surface area contributed by atoms with Crippen LogP contribution in [0, 0.1) is 0 Å². The van der Waals surface area contributed by atoms with Crippen molar-refractivity contribution in [1.29, 1.82) is 0 Å². The highest BCUT2D eigenvalue weighted by molar-refractivity contribution is 9.10. The fourth-order valence-corrected chi connectivity index (χ4v) is 3.40. The summed E-state index contributed by atoms with van der Waals surface area (Å²) in [4.78, 5) is 25.7. The summed E-state index contributed by atoms with van der Waals surface area (Å²) in [6, 6.07) is 17.2. The van der Waals surface area contributed by atoms with Gasteiger partial charge in [-0.3, -0.25) is 0 Å². The molecule has 4 nitrogen and oxygen atoms in total. The van der Waals surface area contributed by atoms with E-state index in [-0.39, 0.29) is 12.7 Å². The lowest BCUT2D eigenvalue weighted by Gasteiger charge is -2.23. The minimum Gasteiger partial charge on any atom is -0.445 e. The molecule has 0 spiro atoms. The number of ether oxygens (including phenoxy) is 1. The fraction of sp³-hybridized carbons (Fsp3) is 0.263. The molecule has 5 heteroatoms. The second-order valence-electron chi connectivity index (χ2n) is 6.00. The van der Waals surface area contributed by atoms with Crippen LogP contribution in [0.1, 0.15) is 17.5 Å². The summed E-state index contributed by atoms with van der Waals surface area (Å²) < 4.78 is 6.29. The molecule has 0 unspecified atom stereocenters. The normalized spacial score (nSPS) is 20.0. The molecule has 0 saturated carbocycles. The van der Waals surface area contributed by atoms with Crippen molar-refractivity contribution in [2.45, 2.75) is 18.4 Å². The van der Waals surface area contributed by atoms with Crippen molar-refractivity contribution in [2.75, 3.05) is 13.1 Å². The van der Waals surface area contributed by atoms with Gasteiger partial charge in [0, 0.05) is 17.6 Å². The van der Waals surface area contributed by atoms with Gasteiger partial charge in [0.05, 0.1) is 5.41 Å². The van der Waals surface area contributed by atoms with Crippen LogP contribution in [0.2, 0.25) is 0 Å². The molecule has 2 aromatic rings. The summed E-state index contributed by atoms with van der Waals surface area (Å²) in [6.45, 7) is 1.10. The number of hydrogen-bond acceptors (Lipinski definition) is 3. The number of aldehydes is 1. The van der Waals surface area contributed by atoms with Crippen molar-refractivity contribution in [3.8, 4) is 0 Å². The summed E-state index contributed by atoms with van der Waals surface area (Å²) in [5, 5.41) is 0. The summed E-state index contributed by atoms with van der Waals surface area (Å²) >= 11 is 3.44. The first kappa shape index (κ1) is 16.7. The van der Waals surface area contributed by atoms with E-state index in [0.29, 0.717) is 19.5 Å². The maximum Gasteiger partial charge on any atom is 0.410 e. The number of carbonyl (C=O) groups is 2. The Morgan fingerprint density at radius 1 is 1.21 bits per heavy atom. The van der Waals surface area contributed by atoms with Crippen LogP contribution in [0.15, 0.2) is 59.1 Å². The van der Waals surface area contributed by atoms with Crippen LogP contribution in [0.4, 0.5) is 4.79 Å². The van der Waals surface area contributed by atoms with Gasteiger partial charge in [-0.15, -0.1) is 0 Å². The highest BCUT2D eigenvalue weighted by Gasteiger charge is 2.42. The average molecular weight is 388 g/mol. The van der Waals surface area contributed by atoms with Gasteiger partial charge >= 0.3 is 6.09 Å². The minimum absolute atomic E-state index is 0.237. The molecule has 1 atom stereocenters. The van der Waals surface area contributed by atoms with Crippen molar-refractivity contribution in [1.82, 2.24) is 4.90 Å². The van der Waals surface area contributed by atoms with E-state index in [0.717, 1.165) is 21.9 Å². The maximum absolute atomic E-state index is 12.3. The third kappa shape index (κ3) is 3.51. The summed E-state index contributed by atoms with van der Waals surface area (Å²) in [5.41, 5.74) is 1.21. The van der Waals surface area contributed by atoms with Crippen LogP contribution < -0.4 is 0 Å². The van der Waals surface area contributed by atoms with E-state index in [1.54, 1.807) is 4.90 Å². The Balaban J connectivity index is 1.67. The third-order valence-electron chi connectivity index (χ3n) is 4.39. The Bertz CT molecular complexity index is 734. The van der Waals surface area contributed by atoms with Gasteiger partial charge in [0.25, 0.3) is 0 Å². The number of halogens is 1. The highest BCUT2D eigenvalue weighted by atomic mass is 79.9. The lowest BCUT2D eigenvalue weighted by molar-refractivity contribution is -0.112. The molecule has 2 aromatic carbocycles. The number of amides is 1. The number of hydrogen-bond donors (Lipinski definition) is 0. The van der Waals surface area contributed by atoms with Crippen molar-refractivity contribution in [3.63, 3.8) is 0 Å². The van der Waals surface area contributed by atoms with E-state index in [4.69, 9.17) is 4.74 Å². The van der Waals surface area contributed by atoms with Gasteiger partial charge in [0.2, 0.25) is 0 Å². The van der Waals surface area contributed by atoms with E-state index in [1.165, 1.54) is 0 Å². The summed E-state index contributed by atoms with van der Waals surface area (Å²) in [6.07, 6.45) is 1.18. The second kappa shape index (κ2) is 7.18. The molecule has 1 saturated heterocycles. The van der Waals surface area contributed by atoms with Gasteiger partial charge in [-0.2, -0.15) is 0 Å². The number of nitrogens with zero attached hydrogens (tertiary/aromatic N) is 1. The molecule has 1 amide bonds. The third-order valence-corrected chi connectivity index (χ3v) is 4.88. The minimum atomic E-state index is -0.657. The van der Waals surface area contributed by atoms with Crippen molar-refractivity contribution >= 4 is 28.3 Å². The predicted octanol–water partition coefficient (Wildman–Crippen LogP) is 3.93. The number of carbonyl (C=O) groups excluding carboxylic acids is 2. The first-order chi connectivity index (χ1) is 11.6. The molecular weight excluding hydrogens is 370 g/mol. The Kier molecular flexibility index (Phi) is 5.00. The molecule has 0 N–H and O–H groups in total. The van der Waals surface area contributed by atoms with Gasteiger partial charge in [0.15, 0.2) is 0 Å². The highest BCUT2D eigenvalue weighted by Crippen LogP contribution is 2.34. The van der Waals surface area contributed by atoms with E-state index < -0.39 is 5.41 Å². The molecule has 0 aliphatic carbocycles. The van der Waals surface area contributed by atoms with Crippen LogP contribution in [0.25, 0.3) is 0 Å². The van der Waals surface area contributed by atoms with Gasteiger partial charge in [-0.05, 0) is 29.7 Å². The lowest BCUT2D eigenvalue weighted by atomic mass is 9.81. The van der Waals surface area contributed by atoms with E-state index >= 15 is 0 Å². The van der Waals surface area contributed by atoms with Crippen molar-refractivity contribution in [2.24, 2.45) is 0 Å². The molecule has 3 rings (SSSR count). The van der Waals surface area contributed by atoms with Gasteiger partial charge in [0.1, 0.15) is 12.9 Å². The Morgan fingerprint density at radius 2 is 2.00 bits per heavy atom. The fourth-order valence-electron chi connectivity index (χ4n) is 3.00. The molecule has 124 valence electrons. The van der Waals surface area contributed by atoms with Crippen molar-refractivity contribution < 1.29 is 14.3 Å². The number of likely N-dealkylation sites (tertiary alicyclic amines) is 1. The second-order valence-corrected chi connectivity index (χ2v) is 6.91. The number of benzene rings is 2. The van der Waals surface area contributed by atoms with E-state index in [9.17, 15) is 9.59 Å². The van der Waals surface area contributed by atoms with E-state index in [1.807, 2.05) is 54.6 Å².